The molecule has 1 aliphatic rings. The number of ether oxygens (including phenoxy) is 3. The number of fused-ring (bicyclic) bond motifs is 1. The minimum atomic E-state index is -0.0229. The maximum atomic E-state index is 5.80. The number of pyridine rings is 1. The topological polar surface area (TPSA) is 48.8 Å². The van der Waals surface area contributed by atoms with Crippen molar-refractivity contribution >= 4 is 0 Å². The van der Waals surface area contributed by atoms with Crippen molar-refractivity contribution in [2.45, 2.75) is 25.6 Å². The van der Waals surface area contributed by atoms with Gasteiger partial charge in [0.25, 0.3) is 0 Å². The normalized spacial score (nSPS) is 16.7. The van der Waals surface area contributed by atoms with Crippen molar-refractivity contribution in [3.63, 3.8) is 0 Å². The van der Waals surface area contributed by atoms with Crippen molar-refractivity contribution in [1.82, 2.24) is 14.5 Å². The first-order valence-electron chi connectivity index (χ1n) is 9.84. The van der Waals surface area contributed by atoms with Crippen LogP contribution in [-0.2, 0) is 13.1 Å². The van der Waals surface area contributed by atoms with Crippen LogP contribution in [0.25, 0.3) is 0 Å². The second-order valence-corrected chi connectivity index (χ2v) is 7.12. The summed E-state index contributed by atoms with van der Waals surface area (Å²) in [4.78, 5) is 7.01. The van der Waals surface area contributed by atoms with E-state index in [0.717, 1.165) is 48.8 Å². The van der Waals surface area contributed by atoms with Crippen LogP contribution in [0.15, 0.2) is 54.9 Å². The molecule has 0 bridgehead atoms. The number of aryl methyl sites for hydroxylation is 1. The molecule has 6 nitrogen and oxygen atoms in total. The highest BCUT2D eigenvalue weighted by Gasteiger charge is 2.33. The van der Waals surface area contributed by atoms with Crippen molar-refractivity contribution in [2.75, 3.05) is 27.9 Å². The van der Waals surface area contributed by atoms with E-state index in [-0.39, 0.29) is 6.04 Å². The van der Waals surface area contributed by atoms with Gasteiger partial charge in [0, 0.05) is 49.9 Å². The van der Waals surface area contributed by atoms with Gasteiger partial charge in [-0.05, 0) is 30.7 Å². The van der Waals surface area contributed by atoms with Gasteiger partial charge in [-0.15, -0.1) is 0 Å². The lowest BCUT2D eigenvalue weighted by Gasteiger charge is -2.32. The molecular formula is C23H27N3O3. The van der Waals surface area contributed by atoms with Crippen molar-refractivity contribution in [3.8, 4) is 17.2 Å². The average molecular weight is 393 g/mol. The van der Waals surface area contributed by atoms with Crippen LogP contribution < -0.4 is 14.2 Å². The number of aromatic nitrogens is 2. The Kier molecular flexibility index (Phi) is 5.71. The lowest BCUT2D eigenvalue weighted by atomic mass is 9.98. The van der Waals surface area contributed by atoms with Crippen molar-refractivity contribution in [2.24, 2.45) is 0 Å². The number of benzene rings is 1. The van der Waals surface area contributed by atoms with Gasteiger partial charge in [0.15, 0.2) is 0 Å². The monoisotopic (exact) mass is 393 g/mol. The standard InChI is InChI=1S/C23H27N3O3/c1-27-18-14-20(28-2)22(21(15-18)29-3)23-19-9-6-11-25(19)12-7-13-26(23)16-17-8-4-5-10-24-17/h4-6,8-11,14-15,23H,7,12-13,16H2,1-3H3. The van der Waals surface area contributed by atoms with E-state index in [1.165, 1.54) is 5.69 Å². The van der Waals surface area contributed by atoms with E-state index in [4.69, 9.17) is 14.2 Å². The molecule has 0 saturated heterocycles. The quantitative estimate of drug-likeness (QED) is 0.636. The first-order chi connectivity index (χ1) is 14.2. The van der Waals surface area contributed by atoms with Crippen LogP contribution in [0, 0.1) is 0 Å². The van der Waals surface area contributed by atoms with Crippen LogP contribution in [0.3, 0.4) is 0 Å². The Morgan fingerprint density at radius 2 is 1.76 bits per heavy atom. The summed E-state index contributed by atoms with van der Waals surface area (Å²) in [6, 6.07) is 14.2. The van der Waals surface area contributed by atoms with E-state index in [2.05, 4.69) is 38.8 Å². The summed E-state index contributed by atoms with van der Waals surface area (Å²) in [5.41, 5.74) is 3.28. The SMILES string of the molecule is COc1cc(OC)c(C2c3cccn3CCCN2Cc2ccccn2)c(OC)c1. The van der Waals surface area contributed by atoms with E-state index in [1.54, 1.807) is 21.3 Å². The van der Waals surface area contributed by atoms with Crippen LogP contribution in [0.2, 0.25) is 0 Å². The lowest BCUT2D eigenvalue weighted by molar-refractivity contribution is 0.209. The minimum absolute atomic E-state index is 0.0229. The summed E-state index contributed by atoms with van der Waals surface area (Å²) in [6.07, 6.45) is 5.06. The Bertz CT molecular complexity index is 930. The Morgan fingerprint density at radius 3 is 2.41 bits per heavy atom. The highest BCUT2D eigenvalue weighted by Crippen LogP contribution is 2.44. The molecule has 0 radical (unpaired) electrons. The summed E-state index contributed by atoms with van der Waals surface area (Å²) in [5.74, 6) is 2.22. The molecule has 4 rings (SSSR count). The third-order valence-corrected chi connectivity index (χ3v) is 5.47. The molecule has 1 aromatic carbocycles. The van der Waals surface area contributed by atoms with E-state index in [0.29, 0.717) is 5.75 Å². The molecule has 0 N–H and O–H groups in total. The van der Waals surface area contributed by atoms with Gasteiger partial charge in [0.2, 0.25) is 0 Å². The number of nitrogens with zero attached hydrogens (tertiary/aromatic N) is 3. The Hall–Kier alpha value is -2.99. The number of rotatable bonds is 6. The Morgan fingerprint density at radius 1 is 0.966 bits per heavy atom. The Labute approximate surface area is 171 Å². The fraction of sp³-hybridized carbons (Fsp3) is 0.348. The fourth-order valence-corrected chi connectivity index (χ4v) is 4.14. The molecule has 0 saturated carbocycles. The zero-order valence-corrected chi connectivity index (χ0v) is 17.2. The second-order valence-electron chi connectivity index (χ2n) is 7.12. The molecule has 152 valence electrons. The molecule has 1 unspecified atom stereocenters. The first-order valence-corrected chi connectivity index (χ1v) is 9.84. The molecule has 0 aliphatic carbocycles. The smallest absolute Gasteiger partial charge is 0.131 e. The molecule has 29 heavy (non-hydrogen) atoms. The summed E-state index contributed by atoms with van der Waals surface area (Å²) >= 11 is 0. The minimum Gasteiger partial charge on any atom is -0.496 e. The van der Waals surface area contributed by atoms with E-state index < -0.39 is 0 Å². The van der Waals surface area contributed by atoms with Gasteiger partial charge in [-0.25, -0.2) is 0 Å². The lowest BCUT2D eigenvalue weighted by Crippen LogP contribution is -2.30. The average Bonchev–Trinajstić information content (AvgIpc) is 3.15. The van der Waals surface area contributed by atoms with Gasteiger partial charge in [0.05, 0.1) is 38.6 Å². The van der Waals surface area contributed by atoms with Crippen molar-refractivity contribution in [3.05, 3.63) is 71.8 Å². The van der Waals surface area contributed by atoms with Gasteiger partial charge in [-0.1, -0.05) is 6.07 Å². The van der Waals surface area contributed by atoms with Crippen molar-refractivity contribution < 1.29 is 14.2 Å². The predicted octanol–water partition coefficient (Wildman–Crippen LogP) is 3.90. The summed E-state index contributed by atoms with van der Waals surface area (Å²) in [5, 5.41) is 0. The van der Waals surface area contributed by atoms with Crippen LogP contribution in [0.4, 0.5) is 0 Å². The van der Waals surface area contributed by atoms with Gasteiger partial charge < -0.3 is 18.8 Å². The molecule has 6 heteroatoms. The third-order valence-electron chi connectivity index (χ3n) is 5.47. The van der Waals surface area contributed by atoms with E-state index in [1.807, 2.05) is 30.5 Å². The number of methoxy groups -OCH3 is 3. The van der Waals surface area contributed by atoms with Crippen LogP contribution >= 0.6 is 0 Å². The summed E-state index contributed by atoms with van der Waals surface area (Å²) < 4.78 is 19.4. The highest BCUT2D eigenvalue weighted by atomic mass is 16.5. The van der Waals surface area contributed by atoms with Crippen LogP contribution in [0.5, 0.6) is 17.2 Å². The molecule has 3 aromatic rings. The molecule has 2 aromatic heterocycles. The van der Waals surface area contributed by atoms with Gasteiger partial charge in [-0.3, -0.25) is 9.88 Å². The summed E-state index contributed by atoms with van der Waals surface area (Å²) in [6.45, 7) is 2.68. The second kappa shape index (κ2) is 8.57. The van der Waals surface area contributed by atoms with Gasteiger partial charge in [-0.2, -0.15) is 0 Å². The molecule has 1 atom stereocenters. The first kappa shape index (κ1) is 19.3. The third kappa shape index (κ3) is 3.80. The predicted molar refractivity (Wildman–Crippen MR) is 112 cm³/mol. The van der Waals surface area contributed by atoms with E-state index >= 15 is 0 Å². The molecule has 0 amide bonds. The van der Waals surface area contributed by atoms with Crippen LogP contribution in [0.1, 0.15) is 29.4 Å². The molecular weight excluding hydrogens is 366 g/mol. The molecule has 0 spiro atoms. The Balaban J connectivity index is 1.87. The zero-order valence-electron chi connectivity index (χ0n) is 17.2. The molecule has 0 fully saturated rings. The fourth-order valence-electron chi connectivity index (χ4n) is 4.14. The maximum Gasteiger partial charge on any atom is 0.131 e. The van der Waals surface area contributed by atoms with Gasteiger partial charge in [0.1, 0.15) is 17.2 Å². The maximum absolute atomic E-state index is 5.80. The van der Waals surface area contributed by atoms with Crippen LogP contribution in [-0.4, -0.2) is 42.3 Å². The largest absolute Gasteiger partial charge is 0.496 e. The zero-order chi connectivity index (χ0) is 20.2. The molecule has 3 heterocycles. The highest BCUT2D eigenvalue weighted by molar-refractivity contribution is 5.54. The van der Waals surface area contributed by atoms with E-state index in [9.17, 15) is 0 Å². The number of hydrogen-bond acceptors (Lipinski definition) is 5. The van der Waals surface area contributed by atoms with Crippen molar-refractivity contribution in [1.29, 1.82) is 0 Å². The number of hydrogen-bond donors (Lipinski definition) is 0. The summed E-state index contributed by atoms with van der Waals surface area (Å²) in [7, 11) is 5.03. The molecule has 1 aliphatic heterocycles. The van der Waals surface area contributed by atoms with Gasteiger partial charge >= 0.3 is 0 Å².